The van der Waals surface area contributed by atoms with E-state index in [1.54, 1.807) is 5.51 Å². The van der Waals surface area contributed by atoms with Gasteiger partial charge in [-0.2, -0.15) is 0 Å². The van der Waals surface area contributed by atoms with Crippen LogP contribution in [0, 0.1) is 6.92 Å². The van der Waals surface area contributed by atoms with Crippen molar-refractivity contribution < 1.29 is 4.79 Å². The Morgan fingerprint density at radius 2 is 2.11 bits per heavy atom. The number of nitrogens with one attached hydrogen (secondary N) is 1. The molecule has 0 aromatic carbocycles. The lowest BCUT2D eigenvalue weighted by atomic mass is 10.0. The second kappa shape index (κ2) is 4.97. The maximum absolute atomic E-state index is 12.1. The molecule has 3 rings (SSSR count). The minimum absolute atomic E-state index is 0.0554. The summed E-state index contributed by atoms with van der Waals surface area (Å²) in [5, 5.41) is 3.15. The first kappa shape index (κ1) is 12.1. The molecule has 1 N–H and O–H groups in total. The molecule has 2 fully saturated rings. The molecule has 4 nitrogen and oxygen atoms in total. The summed E-state index contributed by atoms with van der Waals surface area (Å²) in [4.78, 5) is 19.5. The van der Waals surface area contributed by atoms with E-state index < -0.39 is 0 Å². The van der Waals surface area contributed by atoms with Gasteiger partial charge >= 0.3 is 0 Å². The summed E-state index contributed by atoms with van der Waals surface area (Å²) in [6, 6.07) is 1.19. The molecule has 0 unspecified atom stereocenters. The summed E-state index contributed by atoms with van der Waals surface area (Å²) in [5.41, 5.74) is 2.58. The first-order valence-electron chi connectivity index (χ1n) is 6.69. The average Bonchev–Trinajstić information content (AvgIpc) is 3.12. The van der Waals surface area contributed by atoms with E-state index >= 15 is 0 Å². The van der Waals surface area contributed by atoms with E-state index in [-0.39, 0.29) is 5.91 Å². The van der Waals surface area contributed by atoms with Gasteiger partial charge in [-0.1, -0.05) is 0 Å². The first-order chi connectivity index (χ1) is 8.74. The Hall–Kier alpha value is -0.940. The van der Waals surface area contributed by atoms with E-state index in [0.717, 1.165) is 42.5 Å². The minimum atomic E-state index is 0.0554. The Kier molecular flexibility index (Phi) is 3.35. The molecule has 2 heterocycles. The molecule has 0 spiro atoms. The van der Waals surface area contributed by atoms with Crippen molar-refractivity contribution in [2.75, 3.05) is 13.1 Å². The third kappa shape index (κ3) is 2.57. The Balaban J connectivity index is 1.51. The number of piperidine rings is 1. The molecule has 1 aliphatic heterocycles. The lowest BCUT2D eigenvalue weighted by Gasteiger charge is -2.32. The molecule has 0 radical (unpaired) electrons. The molecular weight excluding hydrogens is 246 g/mol. The van der Waals surface area contributed by atoms with Crippen LogP contribution in [0.4, 0.5) is 0 Å². The van der Waals surface area contributed by atoms with Gasteiger partial charge in [0.15, 0.2) is 0 Å². The number of amides is 1. The van der Waals surface area contributed by atoms with Crippen LogP contribution in [-0.2, 0) is 0 Å². The van der Waals surface area contributed by atoms with E-state index in [2.05, 4.69) is 15.2 Å². The Morgan fingerprint density at radius 1 is 1.39 bits per heavy atom. The number of carbonyl (C=O) groups excluding carboxylic acids is 1. The lowest BCUT2D eigenvalue weighted by molar-refractivity contribution is 0.0912. The van der Waals surface area contributed by atoms with Crippen molar-refractivity contribution in [1.29, 1.82) is 0 Å². The van der Waals surface area contributed by atoms with Crippen LogP contribution in [0.25, 0.3) is 0 Å². The fraction of sp³-hybridized carbons (Fsp3) is 0.692. The fourth-order valence-corrected chi connectivity index (χ4v) is 3.32. The zero-order valence-corrected chi connectivity index (χ0v) is 11.5. The highest BCUT2D eigenvalue weighted by Gasteiger charge is 2.32. The highest BCUT2D eigenvalue weighted by Crippen LogP contribution is 2.29. The number of thiazole rings is 1. The normalized spacial score (nSPS) is 22.1. The van der Waals surface area contributed by atoms with Gasteiger partial charge in [-0.05, 0) is 32.6 Å². The monoisotopic (exact) mass is 265 g/mol. The van der Waals surface area contributed by atoms with E-state index in [0.29, 0.717) is 6.04 Å². The van der Waals surface area contributed by atoms with Crippen LogP contribution in [0.15, 0.2) is 5.51 Å². The molecule has 1 saturated carbocycles. The van der Waals surface area contributed by atoms with Gasteiger partial charge in [0.2, 0.25) is 0 Å². The molecule has 1 saturated heterocycles. The average molecular weight is 265 g/mol. The maximum atomic E-state index is 12.1. The zero-order chi connectivity index (χ0) is 12.5. The summed E-state index contributed by atoms with van der Waals surface area (Å²) < 4.78 is 0. The lowest BCUT2D eigenvalue weighted by Crippen LogP contribution is -2.45. The van der Waals surface area contributed by atoms with Crippen molar-refractivity contribution in [3.63, 3.8) is 0 Å². The van der Waals surface area contributed by atoms with Crippen LogP contribution in [0.3, 0.4) is 0 Å². The molecule has 98 valence electrons. The van der Waals surface area contributed by atoms with Crippen LogP contribution in [-0.4, -0.2) is 41.0 Å². The molecule has 1 aromatic heterocycles. The summed E-state index contributed by atoms with van der Waals surface area (Å²) in [6.07, 6.45) is 4.91. The van der Waals surface area contributed by atoms with Crippen molar-refractivity contribution in [3.05, 3.63) is 16.1 Å². The van der Waals surface area contributed by atoms with Gasteiger partial charge in [-0.3, -0.25) is 4.79 Å². The highest BCUT2D eigenvalue weighted by molar-refractivity contribution is 7.11. The van der Waals surface area contributed by atoms with Crippen LogP contribution < -0.4 is 5.32 Å². The molecule has 0 bridgehead atoms. The number of hydrogen-bond acceptors (Lipinski definition) is 4. The van der Waals surface area contributed by atoms with E-state index in [9.17, 15) is 4.79 Å². The third-order valence-electron chi connectivity index (χ3n) is 3.88. The van der Waals surface area contributed by atoms with Crippen LogP contribution >= 0.6 is 11.3 Å². The van der Waals surface area contributed by atoms with Crippen LogP contribution in [0.2, 0.25) is 0 Å². The standard InChI is InChI=1S/C13H19N3OS/c1-9-12(18-8-14-9)13(17)15-10-4-6-16(7-5-10)11-2-3-11/h8,10-11H,2-7H2,1H3,(H,15,17). The van der Waals surface area contributed by atoms with Crippen LogP contribution in [0.1, 0.15) is 41.0 Å². The molecule has 0 atom stereocenters. The SMILES string of the molecule is Cc1ncsc1C(=O)NC1CCN(C2CC2)CC1. The van der Waals surface area contributed by atoms with Crippen molar-refractivity contribution in [2.24, 2.45) is 0 Å². The van der Waals surface area contributed by atoms with E-state index in [1.165, 1.54) is 24.2 Å². The van der Waals surface area contributed by atoms with Crippen LogP contribution in [0.5, 0.6) is 0 Å². The van der Waals surface area contributed by atoms with Crippen molar-refractivity contribution in [2.45, 2.75) is 44.7 Å². The highest BCUT2D eigenvalue weighted by atomic mass is 32.1. The summed E-state index contributed by atoms with van der Waals surface area (Å²) in [6.45, 7) is 4.16. The zero-order valence-electron chi connectivity index (χ0n) is 10.7. The molecule has 2 aliphatic rings. The Labute approximate surface area is 111 Å². The number of nitrogens with zero attached hydrogens (tertiary/aromatic N) is 2. The maximum Gasteiger partial charge on any atom is 0.263 e. The number of aryl methyl sites for hydroxylation is 1. The molecular formula is C13H19N3OS. The quantitative estimate of drug-likeness (QED) is 0.906. The first-order valence-corrected chi connectivity index (χ1v) is 7.57. The number of rotatable bonds is 3. The number of aromatic nitrogens is 1. The number of hydrogen-bond donors (Lipinski definition) is 1. The van der Waals surface area contributed by atoms with Gasteiger partial charge in [-0.25, -0.2) is 4.98 Å². The van der Waals surface area contributed by atoms with Gasteiger partial charge in [0.05, 0.1) is 11.2 Å². The van der Waals surface area contributed by atoms with Gasteiger partial charge in [0, 0.05) is 25.2 Å². The third-order valence-corrected chi connectivity index (χ3v) is 4.81. The van der Waals surface area contributed by atoms with Gasteiger partial charge in [-0.15, -0.1) is 11.3 Å². The predicted octanol–water partition coefficient (Wildman–Crippen LogP) is 1.81. The topological polar surface area (TPSA) is 45.2 Å². The Bertz CT molecular complexity index is 433. The largest absolute Gasteiger partial charge is 0.348 e. The van der Waals surface area contributed by atoms with Crippen molar-refractivity contribution >= 4 is 17.2 Å². The van der Waals surface area contributed by atoms with Crippen molar-refractivity contribution in [3.8, 4) is 0 Å². The van der Waals surface area contributed by atoms with Crippen molar-refractivity contribution in [1.82, 2.24) is 15.2 Å². The molecule has 1 aliphatic carbocycles. The number of likely N-dealkylation sites (tertiary alicyclic amines) is 1. The summed E-state index contributed by atoms with van der Waals surface area (Å²) in [7, 11) is 0. The van der Waals surface area contributed by atoms with E-state index in [1.807, 2.05) is 6.92 Å². The molecule has 18 heavy (non-hydrogen) atoms. The summed E-state index contributed by atoms with van der Waals surface area (Å²) in [5.74, 6) is 0.0554. The fourth-order valence-electron chi connectivity index (χ4n) is 2.62. The van der Waals surface area contributed by atoms with Gasteiger partial charge < -0.3 is 10.2 Å². The Morgan fingerprint density at radius 3 is 2.67 bits per heavy atom. The number of carbonyl (C=O) groups is 1. The second-order valence-corrected chi connectivity index (χ2v) is 6.14. The second-order valence-electron chi connectivity index (χ2n) is 5.28. The minimum Gasteiger partial charge on any atom is -0.348 e. The molecule has 5 heteroatoms. The van der Waals surface area contributed by atoms with Gasteiger partial charge in [0.1, 0.15) is 4.88 Å². The smallest absolute Gasteiger partial charge is 0.263 e. The molecule has 1 aromatic rings. The van der Waals surface area contributed by atoms with Gasteiger partial charge in [0.25, 0.3) is 5.91 Å². The van der Waals surface area contributed by atoms with E-state index in [4.69, 9.17) is 0 Å². The summed E-state index contributed by atoms with van der Waals surface area (Å²) >= 11 is 1.43. The molecule has 1 amide bonds. The predicted molar refractivity (Wildman–Crippen MR) is 71.9 cm³/mol.